The van der Waals surface area contributed by atoms with E-state index in [2.05, 4.69) is 11.1 Å². The summed E-state index contributed by atoms with van der Waals surface area (Å²) < 4.78 is 5.83. The highest BCUT2D eigenvalue weighted by Crippen LogP contribution is 2.24. The SMILES string of the molecule is Cc1ccc(OCc2ccnc3ccccc23)c(N)c1. The van der Waals surface area contributed by atoms with Crippen LogP contribution in [0.3, 0.4) is 0 Å². The summed E-state index contributed by atoms with van der Waals surface area (Å²) in [5.41, 5.74) is 9.84. The van der Waals surface area contributed by atoms with E-state index in [1.54, 1.807) is 6.20 Å². The van der Waals surface area contributed by atoms with Gasteiger partial charge in [0.25, 0.3) is 0 Å². The number of nitrogen functional groups attached to an aromatic ring is 1. The summed E-state index contributed by atoms with van der Waals surface area (Å²) in [6.45, 7) is 2.49. The quantitative estimate of drug-likeness (QED) is 0.734. The van der Waals surface area contributed by atoms with Gasteiger partial charge in [-0.3, -0.25) is 4.98 Å². The molecule has 2 aromatic carbocycles. The van der Waals surface area contributed by atoms with Crippen LogP contribution in [0.1, 0.15) is 11.1 Å². The predicted molar refractivity (Wildman–Crippen MR) is 81.7 cm³/mol. The maximum atomic E-state index is 5.96. The van der Waals surface area contributed by atoms with E-state index in [4.69, 9.17) is 10.5 Å². The molecule has 0 spiro atoms. The fraction of sp³-hybridized carbons (Fsp3) is 0.118. The fourth-order valence-corrected chi connectivity index (χ4v) is 2.24. The number of anilines is 1. The Morgan fingerprint density at radius 1 is 1.10 bits per heavy atom. The number of hydrogen-bond acceptors (Lipinski definition) is 3. The zero-order chi connectivity index (χ0) is 13.9. The van der Waals surface area contributed by atoms with Crippen molar-refractivity contribution < 1.29 is 4.74 Å². The van der Waals surface area contributed by atoms with Crippen LogP contribution in [0.15, 0.2) is 54.7 Å². The first-order chi connectivity index (χ1) is 9.74. The largest absolute Gasteiger partial charge is 0.487 e. The molecule has 0 radical (unpaired) electrons. The molecule has 0 saturated heterocycles. The number of para-hydroxylation sites is 1. The molecule has 0 aliphatic carbocycles. The number of benzene rings is 2. The molecular formula is C17H16N2O. The minimum atomic E-state index is 0.482. The Labute approximate surface area is 118 Å². The first-order valence-corrected chi connectivity index (χ1v) is 6.55. The smallest absolute Gasteiger partial charge is 0.142 e. The van der Waals surface area contributed by atoms with E-state index in [1.165, 1.54) is 0 Å². The first-order valence-electron chi connectivity index (χ1n) is 6.55. The number of hydrogen-bond donors (Lipinski definition) is 1. The molecule has 3 aromatic rings. The Morgan fingerprint density at radius 3 is 2.80 bits per heavy atom. The normalized spacial score (nSPS) is 10.7. The highest BCUT2D eigenvalue weighted by Gasteiger charge is 2.04. The van der Waals surface area contributed by atoms with Gasteiger partial charge in [0.1, 0.15) is 12.4 Å². The molecule has 3 heteroatoms. The van der Waals surface area contributed by atoms with Crippen molar-refractivity contribution in [3.8, 4) is 5.75 Å². The monoisotopic (exact) mass is 264 g/mol. The number of aryl methyl sites for hydroxylation is 1. The standard InChI is InChI=1S/C17H16N2O/c1-12-6-7-17(15(18)10-12)20-11-13-8-9-19-16-5-3-2-4-14(13)16/h2-10H,11,18H2,1H3. The van der Waals surface area contributed by atoms with Gasteiger partial charge in [-0.1, -0.05) is 24.3 Å². The van der Waals surface area contributed by atoms with Crippen molar-refractivity contribution in [1.82, 2.24) is 4.98 Å². The summed E-state index contributed by atoms with van der Waals surface area (Å²) in [5, 5.41) is 1.11. The van der Waals surface area contributed by atoms with Crippen molar-refractivity contribution in [3.63, 3.8) is 0 Å². The van der Waals surface area contributed by atoms with E-state index in [0.717, 1.165) is 27.8 Å². The van der Waals surface area contributed by atoms with Gasteiger partial charge >= 0.3 is 0 Å². The molecule has 100 valence electrons. The van der Waals surface area contributed by atoms with Gasteiger partial charge in [-0.2, -0.15) is 0 Å². The molecule has 2 N–H and O–H groups in total. The van der Waals surface area contributed by atoms with Gasteiger partial charge in [0, 0.05) is 17.1 Å². The Morgan fingerprint density at radius 2 is 1.95 bits per heavy atom. The topological polar surface area (TPSA) is 48.1 Å². The molecule has 0 fully saturated rings. The number of pyridine rings is 1. The third-order valence-corrected chi connectivity index (χ3v) is 3.29. The van der Waals surface area contributed by atoms with Crippen LogP contribution in [0.25, 0.3) is 10.9 Å². The summed E-state index contributed by atoms with van der Waals surface area (Å²) >= 11 is 0. The summed E-state index contributed by atoms with van der Waals surface area (Å²) in [6.07, 6.45) is 1.81. The minimum Gasteiger partial charge on any atom is -0.487 e. The Kier molecular flexibility index (Phi) is 3.25. The average Bonchev–Trinajstić information content (AvgIpc) is 2.46. The Hall–Kier alpha value is -2.55. The lowest BCUT2D eigenvalue weighted by Gasteiger charge is -2.11. The Balaban J connectivity index is 1.87. The van der Waals surface area contributed by atoms with Crippen molar-refractivity contribution in [3.05, 3.63) is 65.9 Å². The molecule has 0 amide bonds. The van der Waals surface area contributed by atoms with Crippen molar-refractivity contribution in [2.24, 2.45) is 0 Å². The molecule has 0 atom stereocenters. The highest BCUT2D eigenvalue weighted by molar-refractivity contribution is 5.81. The zero-order valence-corrected chi connectivity index (χ0v) is 11.3. The maximum Gasteiger partial charge on any atom is 0.142 e. The van der Waals surface area contributed by atoms with Crippen LogP contribution in [0.4, 0.5) is 5.69 Å². The lowest BCUT2D eigenvalue weighted by molar-refractivity contribution is 0.309. The van der Waals surface area contributed by atoms with Gasteiger partial charge in [-0.15, -0.1) is 0 Å². The van der Waals surface area contributed by atoms with Gasteiger partial charge in [0.2, 0.25) is 0 Å². The number of fused-ring (bicyclic) bond motifs is 1. The second kappa shape index (κ2) is 5.21. The number of nitrogens with two attached hydrogens (primary N) is 1. The van der Waals surface area contributed by atoms with Gasteiger partial charge in [0.05, 0.1) is 11.2 Å². The summed E-state index contributed by atoms with van der Waals surface area (Å²) in [4.78, 5) is 4.35. The molecule has 3 rings (SSSR count). The van der Waals surface area contributed by atoms with Gasteiger partial charge in [0.15, 0.2) is 0 Å². The van der Waals surface area contributed by atoms with Crippen LogP contribution in [0, 0.1) is 6.92 Å². The van der Waals surface area contributed by atoms with Crippen LogP contribution in [0.5, 0.6) is 5.75 Å². The molecule has 1 aromatic heterocycles. The third kappa shape index (κ3) is 2.43. The minimum absolute atomic E-state index is 0.482. The average molecular weight is 264 g/mol. The lowest BCUT2D eigenvalue weighted by Crippen LogP contribution is -2.00. The third-order valence-electron chi connectivity index (χ3n) is 3.29. The van der Waals surface area contributed by atoms with Crippen LogP contribution >= 0.6 is 0 Å². The van der Waals surface area contributed by atoms with E-state index >= 15 is 0 Å². The van der Waals surface area contributed by atoms with Crippen LogP contribution in [-0.4, -0.2) is 4.98 Å². The molecule has 0 saturated carbocycles. The summed E-state index contributed by atoms with van der Waals surface area (Å²) in [7, 11) is 0. The number of aromatic nitrogens is 1. The molecule has 0 unspecified atom stereocenters. The van der Waals surface area contributed by atoms with E-state index in [9.17, 15) is 0 Å². The molecule has 3 nitrogen and oxygen atoms in total. The zero-order valence-electron chi connectivity index (χ0n) is 11.3. The van der Waals surface area contributed by atoms with Crippen molar-refractivity contribution in [1.29, 1.82) is 0 Å². The number of ether oxygens (including phenoxy) is 1. The van der Waals surface area contributed by atoms with Gasteiger partial charge in [-0.05, 0) is 36.8 Å². The van der Waals surface area contributed by atoms with E-state index < -0.39 is 0 Å². The van der Waals surface area contributed by atoms with Crippen molar-refractivity contribution in [2.45, 2.75) is 13.5 Å². The van der Waals surface area contributed by atoms with Crippen molar-refractivity contribution >= 4 is 16.6 Å². The fourth-order valence-electron chi connectivity index (χ4n) is 2.24. The maximum absolute atomic E-state index is 5.96. The van der Waals surface area contributed by atoms with Gasteiger partial charge < -0.3 is 10.5 Å². The summed E-state index contributed by atoms with van der Waals surface area (Å²) in [5.74, 6) is 0.719. The molecule has 20 heavy (non-hydrogen) atoms. The summed E-state index contributed by atoms with van der Waals surface area (Å²) in [6, 6.07) is 15.8. The highest BCUT2D eigenvalue weighted by atomic mass is 16.5. The molecule has 0 bridgehead atoms. The van der Waals surface area contributed by atoms with E-state index in [0.29, 0.717) is 12.3 Å². The van der Waals surface area contributed by atoms with E-state index in [1.807, 2.05) is 49.4 Å². The first kappa shape index (κ1) is 12.5. The number of nitrogens with zero attached hydrogens (tertiary/aromatic N) is 1. The van der Waals surface area contributed by atoms with E-state index in [-0.39, 0.29) is 0 Å². The van der Waals surface area contributed by atoms with Gasteiger partial charge in [-0.25, -0.2) is 0 Å². The van der Waals surface area contributed by atoms with Crippen LogP contribution in [0.2, 0.25) is 0 Å². The second-order valence-electron chi connectivity index (χ2n) is 4.82. The van der Waals surface area contributed by atoms with Crippen LogP contribution < -0.4 is 10.5 Å². The Bertz CT molecular complexity index is 748. The lowest BCUT2D eigenvalue weighted by atomic mass is 10.1. The predicted octanol–water partition coefficient (Wildman–Crippen LogP) is 3.70. The van der Waals surface area contributed by atoms with Crippen LogP contribution in [-0.2, 0) is 6.61 Å². The molecule has 1 heterocycles. The molecule has 0 aliphatic rings. The molecular weight excluding hydrogens is 248 g/mol. The second-order valence-corrected chi connectivity index (χ2v) is 4.82. The van der Waals surface area contributed by atoms with Crippen molar-refractivity contribution in [2.75, 3.05) is 5.73 Å². The number of rotatable bonds is 3. The molecule has 0 aliphatic heterocycles.